The molecule has 0 aromatic carbocycles. The minimum Gasteiger partial charge on any atom is -0.481 e. The highest BCUT2D eigenvalue weighted by Gasteiger charge is 2.35. The summed E-state index contributed by atoms with van der Waals surface area (Å²) < 4.78 is 0.782. The molecule has 2 N–H and O–H groups in total. The highest BCUT2D eigenvalue weighted by molar-refractivity contribution is 9.10. The van der Waals surface area contributed by atoms with Crippen LogP contribution in [0.1, 0.15) is 22.5 Å². The standard InChI is InChI=1S/C10H10BrNO3S/c11-7-1-2-16-8(7)9(13)12-6-3-5(4-6)10(14)15/h1-2,5-6H,3-4H2,(H,12,13)(H,14,15). The van der Waals surface area contributed by atoms with Crippen molar-refractivity contribution in [3.8, 4) is 0 Å². The second-order valence-electron chi connectivity index (χ2n) is 3.77. The first-order valence-electron chi connectivity index (χ1n) is 4.84. The Balaban J connectivity index is 1.87. The van der Waals surface area contributed by atoms with Crippen LogP contribution in [-0.4, -0.2) is 23.0 Å². The Morgan fingerprint density at radius 2 is 2.19 bits per heavy atom. The van der Waals surface area contributed by atoms with Crippen molar-refractivity contribution >= 4 is 39.1 Å². The van der Waals surface area contributed by atoms with Crippen LogP contribution in [0.3, 0.4) is 0 Å². The van der Waals surface area contributed by atoms with Crippen molar-refractivity contribution in [3.63, 3.8) is 0 Å². The zero-order chi connectivity index (χ0) is 11.7. The summed E-state index contributed by atoms with van der Waals surface area (Å²) in [5.41, 5.74) is 0. The summed E-state index contributed by atoms with van der Waals surface area (Å²) in [5, 5.41) is 13.4. The van der Waals surface area contributed by atoms with Gasteiger partial charge in [-0.2, -0.15) is 0 Å². The third-order valence-corrected chi connectivity index (χ3v) is 4.48. The molecule has 0 spiro atoms. The summed E-state index contributed by atoms with van der Waals surface area (Å²) >= 11 is 4.65. The molecule has 1 heterocycles. The van der Waals surface area contributed by atoms with E-state index < -0.39 is 5.97 Å². The normalized spacial score (nSPS) is 23.6. The highest BCUT2D eigenvalue weighted by Crippen LogP contribution is 2.29. The second kappa shape index (κ2) is 4.55. The van der Waals surface area contributed by atoms with Gasteiger partial charge in [-0.15, -0.1) is 11.3 Å². The van der Waals surface area contributed by atoms with E-state index in [9.17, 15) is 9.59 Å². The lowest BCUT2D eigenvalue weighted by Gasteiger charge is -2.32. The fraction of sp³-hybridized carbons (Fsp3) is 0.400. The molecule has 1 aliphatic rings. The summed E-state index contributed by atoms with van der Waals surface area (Å²) in [6, 6.07) is 1.82. The fourth-order valence-electron chi connectivity index (χ4n) is 1.64. The van der Waals surface area contributed by atoms with Gasteiger partial charge in [0.15, 0.2) is 0 Å². The maximum absolute atomic E-state index is 11.7. The molecule has 86 valence electrons. The first-order valence-corrected chi connectivity index (χ1v) is 6.52. The number of hydrogen-bond donors (Lipinski definition) is 2. The zero-order valence-electron chi connectivity index (χ0n) is 8.27. The second-order valence-corrected chi connectivity index (χ2v) is 5.55. The first kappa shape index (κ1) is 11.6. The van der Waals surface area contributed by atoms with Gasteiger partial charge in [0.25, 0.3) is 5.91 Å². The SMILES string of the molecule is O=C(NC1CC(C(=O)O)C1)c1sccc1Br. The molecular formula is C10H10BrNO3S. The van der Waals surface area contributed by atoms with Crippen molar-refractivity contribution < 1.29 is 14.7 Å². The lowest BCUT2D eigenvalue weighted by atomic mass is 9.80. The van der Waals surface area contributed by atoms with E-state index in [1.165, 1.54) is 11.3 Å². The number of halogens is 1. The number of hydrogen-bond acceptors (Lipinski definition) is 3. The molecule has 0 atom stereocenters. The maximum atomic E-state index is 11.7. The third-order valence-electron chi connectivity index (χ3n) is 2.65. The molecule has 1 fully saturated rings. The van der Waals surface area contributed by atoms with E-state index in [2.05, 4.69) is 21.2 Å². The van der Waals surface area contributed by atoms with Gasteiger partial charge in [0.05, 0.1) is 5.92 Å². The Labute approximate surface area is 105 Å². The molecule has 1 amide bonds. The number of thiophene rings is 1. The molecule has 1 saturated carbocycles. The number of carboxylic acid groups (broad SMARTS) is 1. The Morgan fingerprint density at radius 3 is 2.69 bits per heavy atom. The van der Waals surface area contributed by atoms with E-state index in [0.717, 1.165) is 4.47 Å². The van der Waals surface area contributed by atoms with E-state index >= 15 is 0 Å². The molecule has 0 bridgehead atoms. The van der Waals surface area contributed by atoms with Gasteiger partial charge in [-0.1, -0.05) is 0 Å². The first-order chi connectivity index (χ1) is 7.58. The van der Waals surface area contributed by atoms with Crippen LogP contribution in [0.4, 0.5) is 0 Å². The van der Waals surface area contributed by atoms with E-state index in [1.807, 2.05) is 11.4 Å². The van der Waals surface area contributed by atoms with Gasteiger partial charge in [0.1, 0.15) is 4.88 Å². The van der Waals surface area contributed by atoms with Crippen LogP contribution < -0.4 is 5.32 Å². The molecule has 1 aromatic rings. The van der Waals surface area contributed by atoms with Crippen molar-refractivity contribution in [2.45, 2.75) is 18.9 Å². The van der Waals surface area contributed by atoms with Crippen LogP contribution in [0, 0.1) is 5.92 Å². The predicted molar refractivity (Wildman–Crippen MR) is 63.6 cm³/mol. The van der Waals surface area contributed by atoms with E-state index in [1.54, 1.807) is 0 Å². The molecular weight excluding hydrogens is 294 g/mol. The van der Waals surface area contributed by atoms with Crippen LogP contribution in [0.25, 0.3) is 0 Å². The molecule has 0 unspecified atom stereocenters. The number of carbonyl (C=O) groups excluding carboxylic acids is 1. The molecule has 0 aliphatic heterocycles. The van der Waals surface area contributed by atoms with Gasteiger partial charge in [0, 0.05) is 10.5 Å². The Bertz CT molecular complexity index is 425. The Hall–Kier alpha value is -0.880. The summed E-state index contributed by atoms with van der Waals surface area (Å²) in [5.74, 6) is -1.20. The van der Waals surface area contributed by atoms with Crippen molar-refractivity contribution in [2.24, 2.45) is 5.92 Å². The van der Waals surface area contributed by atoms with Crippen LogP contribution in [0.15, 0.2) is 15.9 Å². The van der Waals surface area contributed by atoms with Crippen molar-refractivity contribution in [1.29, 1.82) is 0 Å². The molecule has 0 radical (unpaired) electrons. The van der Waals surface area contributed by atoms with E-state index in [4.69, 9.17) is 5.11 Å². The Kier molecular flexibility index (Phi) is 3.30. The number of rotatable bonds is 3. The predicted octanol–water partition coefficient (Wildman–Crippen LogP) is 2.10. The summed E-state index contributed by atoms with van der Waals surface area (Å²) in [6.07, 6.45) is 1.06. The van der Waals surface area contributed by atoms with Gasteiger partial charge in [0.2, 0.25) is 0 Å². The van der Waals surface area contributed by atoms with E-state index in [-0.39, 0.29) is 17.9 Å². The summed E-state index contributed by atoms with van der Waals surface area (Å²) in [4.78, 5) is 22.9. The number of carbonyl (C=O) groups is 2. The smallest absolute Gasteiger partial charge is 0.306 e. The van der Waals surface area contributed by atoms with Crippen molar-refractivity contribution in [3.05, 3.63) is 20.8 Å². The molecule has 16 heavy (non-hydrogen) atoms. The average Bonchev–Trinajstić information content (AvgIpc) is 2.56. The van der Waals surface area contributed by atoms with Crippen LogP contribution in [-0.2, 0) is 4.79 Å². The van der Waals surface area contributed by atoms with Gasteiger partial charge < -0.3 is 10.4 Å². The maximum Gasteiger partial charge on any atom is 0.306 e. The molecule has 6 heteroatoms. The monoisotopic (exact) mass is 303 g/mol. The average molecular weight is 304 g/mol. The molecule has 0 saturated heterocycles. The largest absolute Gasteiger partial charge is 0.481 e. The zero-order valence-corrected chi connectivity index (χ0v) is 10.7. The number of amides is 1. The molecule has 4 nitrogen and oxygen atoms in total. The fourth-order valence-corrected chi connectivity index (χ4v) is 3.10. The van der Waals surface area contributed by atoms with Crippen LogP contribution in [0.5, 0.6) is 0 Å². The number of aliphatic carboxylic acids is 1. The summed E-state index contributed by atoms with van der Waals surface area (Å²) in [7, 11) is 0. The van der Waals surface area contributed by atoms with Gasteiger partial charge in [-0.25, -0.2) is 0 Å². The number of nitrogens with one attached hydrogen (secondary N) is 1. The van der Waals surface area contributed by atoms with E-state index in [0.29, 0.717) is 17.7 Å². The highest BCUT2D eigenvalue weighted by atomic mass is 79.9. The lowest BCUT2D eigenvalue weighted by Crippen LogP contribution is -2.46. The van der Waals surface area contributed by atoms with Gasteiger partial charge in [-0.05, 0) is 40.2 Å². The number of carboxylic acids is 1. The van der Waals surface area contributed by atoms with Crippen LogP contribution in [0.2, 0.25) is 0 Å². The minimum atomic E-state index is -0.775. The molecule has 1 aromatic heterocycles. The molecule has 2 rings (SSSR count). The quantitative estimate of drug-likeness (QED) is 0.898. The topological polar surface area (TPSA) is 66.4 Å². The minimum absolute atomic E-state index is 0.00241. The van der Waals surface area contributed by atoms with Crippen LogP contribution >= 0.6 is 27.3 Å². The molecule has 1 aliphatic carbocycles. The lowest BCUT2D eigenvalue weighted by molar-refractivity contribution is -0.145. The van der Waals surface area contributed by atoms with Crippen molar-refractivity contribution in [1.82, 2.24) is 5.32 Å². The van der Waals surface area contributed by atoms with Gasteiger partial charge >= 0.3 is 5.97 Å². The Morgan fingerprint density at radius 1 is 1.50 bits per heavy atom. The van der Waals surface area contributed by atoms with Gasteiger partial charge in [-0.3, -0.25) is 9.59 Å². The third kappa shape index (κ3) is 2.27. The summed E-state index contributed by atoms with van der Waals surface area (Å²) in [6.45, 7) is 0. The van der Waals surface area contributed by atoms with Crippen molar-refractivity contribution in [2.75, 3.05) is 0 Å².